The fourth-order valence-electron chi connectivity index (χ4n) is 3.04. The number of fused-ring (bicyclic) bond motifs is 1. The molecule has 0 amide bonds. The van der Waals surface area contributed by atoms with Crippen LogP contribution < -0.4 is 23.7 Å². The largest absolute Gasteiger partial charge is 0.493 e. The van der Waals surface area contributed by atoms with Crippen molar-refractivity contribution in [1.82, 2.24) is 0 Å². The minimum Gasteiger partial charge on any atom is -0.493 e. The van der Waals surface area contributed by atoms with Gasteiger partial charge in [0.25, 0.3) is 0 Å². The first-order valence-corrected chi connectivity index (χ1v) is 9.05. The van der Waals surface area contributed by atoms with E-state index in [1.807, 2.05) is 0 Å². The summed E-state index contributed by atoms with van der Waals surface area (Å²) in [7, 11) is 5.81. The fraction of sp³-hybridized carbons (Fsp3) is 0.273. The van der Waals surface area contributed by atoms with Crippen molar-refractivity contribution in [3.63, 3.8) is 0 Å². The Morgan fingerprint density at radius 2 is 1.73 bits per heavy atom. The number of ketones is 1. The van der Waals surface area contributed by atoms with Gasteiger partial charge >= 0.3 is 5.97 Å². The van der Waals surface area contributed by atoms with Crippen molar-refractivity contribution in [2.24, 2.45) is 0 Å². The molecule has 0 fully saturated rings. The summed E-state index contributed by atoms with van der Waals surface area (Å²) >= 11 is 0. The molecule has 0 aliphatic carbocycles. The number of Topliss-reactive ketones (excluding diaryl/α,β-unsaturated/α-hetero) is 1. The molecule has 30 heavy (non-hydrogen) atoms. The minimum absolute atomic E-state index is 0.119. The van der Waals surface area contributed by atoms with Crippen LogP contribution in [0.3, 0.4) is 0 Å². The Balaban J connectivity index is 1.91. The van der Waals surface area contributed by atoms with Crippen LogP contribution in [-0.4, -0.2) is 46.3 Å². The zero-order chi connectivity index (χ0) is 21.8. The summed E-state index contributed by atoms with van der Waals surface area (Å²) in [6.07, 6.45) is 0.775. The van der Waals surface area contributed by atoms with E-state index in [0.29, 0.717) is 39.9 Å². The lowest BCUT2D eigenvalue weighted by atomic mass is 10.1. The summed E-state index contributed by atoms with van der Waals surface area (Å²) < 4.78 is 32.0. The van der Waals surface area contributed by atoms with E-state index in [1.54, 1.807) is 43.3 Å². The quantitative estimate of drug-likeness (QED) is 0.504. The summed E-state index contributed by atoms with van der Waals surface area (Å²) in [5.74, 6) is 1.36. The highest BCUT2D eigenvalue weighted by atomic mass is 16.6. The zero-order valence-corrected chi connectivity index (χ0v) is 17.3. The number of ether oxygens (including phenoxy) is 6. The van der Waals surface area contributed by atoms with Crippen molar-refractivity contribution in [2.75, 3.05) is 28.4 Å². The molecule has 158 valence electrons. The summed E-state index contributed by atoms with van der Waals surface area (Å²) in [4.78, 5) is 24.3. The van der Waals surface area contributed by atoms with Crippen LogP contribution in [0.25, 0.3) is 6.08 Å². The smallest absolute Gasteiger partial charge is 0.346 e. The first kappa shape index (κ1) is 21.0. The molecule has 0 radical (unpaired) electrons. The molecule has 1 aliphatic heterocycles. The number of hydrogen-bond acceptors (Lipinski definition) is 8. The molecule has 8 nitrogen and oxygen atoms in total. The Morgan fingerprint density at radius 3 is 2.37 bits per heavy atom. The van der Waals surface area contributed by atoms with E-state index < -0.39 is 12.1 Å². The standard InChI is InChI=1S/C22H22O8/c1-12(22(24)28-5)29-14-7-8-15-17(11-14)30-18(19(15)23)10-13-6-9-16(25-2)21(27-4)20(13)26-3/h6-12H,1-5H3/b18-10-/t12-/m0/s1. The van der Waals surface area contributed by atoms with Gasteiger partial charge in [0.15, 0.2) is 23.4 Å². The van der Waals surface area contributed by atoms with Gasteiger partial charge in [0.1, 0.15) is 11.5 Å². The average molecular weight is 414 g/mol. The number of carbonyl (C=O) groups is 2. The molecule has 0 aromatic heterocycles. The van der Waals surface area contributed by atoms with Crippen LogP contribution in [-0.2, 0) is 9.53 Å². The second-order valence-electron chi connectivity index (χ2n) is 6.30. The third-order valence-corrected chi connectivity index (χ3v) is 4.51. The minimum atomic E-state index is -0.795. The topological polar surface area (TPSA) is 89.5 Å². The van der Waals surface area contributed by atoms with Gasteiger partial charge in [-0.2, -0.15) is 0 Å². The molecule has 8 heteroatoms. The van der Waals surface area contributed by atoms with Crippen LogP contribution in [0.2, 0.25) is 0 Å². The molecule has 0 saturated heterocycles. The van der Waals surface area contributed by atoms with Crippen LogP contribution in [0, 0.1) is 0 Å². The van der Waals surface area contributed by atoms with E-state index in [1.165, 1.54) is 28.4 Å². The van der Waals surface area contributed by atoms with Gasteiger partial charge in [0.05, 0.1) is 34.0 Å². The van der Waals surface area contributed by atoms with E-state index in [0.717, 1.165) is 0 Å². The number of carbonyl (C=O) groups excluding carboxylic acids is 2. The van der Waals surface area contributed by atoms with Crippen LogP contribution in [0.5, 0.6) is 28.7 Å². The maximum atomic E-state index is 12.8. The second kappa shape index (κ2) is 8.77. The summed E-state index contributed by atoms with van der Waals surface area (Å²) in [5.41, 5.74) is 0.973. The molecule has 2 aromatic rings. The molecule has 3 rings (SSSR count). The number of methoxy groups -OCH3 is 4. The van der Waals surface area contributed by atoms with Crippen molar-refractivity contribution in [1.29, 1.82) is 0 Å². The van der Waals surface area contributed by atoms with Crippen LogP contribution in [0.4, 0.5) is 0 Å². The molecule has 0 spiro atoms. The summed E-state index contributed by atoms with van der Waals surface area (Å²) in [5, 5.41) is 0. The summed E-state index contributed by atoms with van der Waals surface area (Å²) in [6.45, 7) is 1.57. The van der Waals surface area contributed by atoms with Crippen molar-refractivity contribution < 1.29 is 38.0 Å². The van der Waals surface area contributed by atoms with E-state index in [-0.39, 0.29) is 11.5 Å². The van der Waals surface area contributed by atoms with Gasteiger partial charge in [0.2, 0.25) is 11.5 Å². The Kier molecular flexibility index (Phi) is 6.15. The molecule has 1 atom stereocenters. The third-order valence-electron chi connectivity index (χ3n) is 4.51. The molecule has 0 bridgehead atoms. The Bertz CT molecular complexity index is 1010. The van der Waals surface area contributed by atoms with Gasteiger partial charge in [-0.15, -0.1) is 0 Å². The van der Waals surface area contributed by atoms with Crippen molar-refractivity contribution in [3.05, 3.63) is 47.2 Å². The van der Waals surface area contributed by atoms with Crippen LogP contribution >= 0.6 is 0 Å². The van der Waals surface area contributed by atoms with E-state index in [9.17, 15) is 9.59 Å². The Hall–Kier alpha value is -3.68. The van der Waals surface area contributed by atoms with Gasteiger partial charge < -0.3 is 28.4 Å². The lowest BCUT2D eigenvalue weighted by molar-refractivity contribution is -0.147. The molecular weight excluding hydrogens is 392 g/mol. The molecule has 0 unspecified atom stereocenters. The first-order valence-electron chi connectivity index (χ1n) is 9.05. The highest BCUT2D eigenvalue weighted by Gasteiger charge is 2.29. The van der Waals surface area contributed by atoms with Crippen molar-refractivity contribution in [3.8, 4) is 28.7 Å². The lowest BCUT2D eigenvalue weighted by Crippen LogP contribution is -2.24. The number of benzene rings is 2. The number of allylic oxidation sites excluding steroid dienone is 1. The van der Waals surface area contributed by atoms with Gasteiger partial charge in [-0.3, -0.25) is 4.79 Å². The predicted molar refractivity (Wildman–Crippen MR) is 108 cm³/mol. The van der Waals surface area contributed by atoms with Crippen molar-refractivity contribution in [2.45, 2.75) is 13.0 Å². The van der Waals surface area contributed by atoms with Gasteiger partial charge in [-0.1, -0.05) is 0 Å². The molecule has 0 N–H and O–H groups in total. The fourth-order valence-corrected chi connectivity index (χ4v) is 3.04. The van der Waals surface area contributed by atoms with Gasteiger partial charge in [0, 0.05) is 11.6 Å². The van der Waals surface area contributed by atoms with E-state index in [4.69, 9.17) is 23.7 Å². The second-order valence-corrected chi connectivity index (χ2v) is 6.30. The number of rotatable bonds is 7. The Labute approximate surface area is 173 Å². The van der Waals surface area contributed by atoms with Crippen LogP contribution in [0.15, 0.2) is 36.1 Å². The normalized spacial score (nSPS) is 14.6. The maximum Gasteiger partial charge on any atom is 0.346 e. The van der Waals surface area contributed by atoms with Gasteiger partial charge in [-0.05, 0) is 37.3 Å². The monoisotopic (exact) mass is 414 g/mol. The molecule has 2 aromatic carbocycles. The molecular formula is C22H22O8. The lowest BCUT2D eigenvalue weighted by Gasteiger charge is -2.14. The molecule has 0 saturated carbocycles. The van der Waals surface area contributed by atoms with E-state index >= 15 is 0 Å². The highest BCUT2D eigenvalue weighted by molar-refractivity contribution is 6.14. The van der Waals surface area contributed by atoms with E-state index in [2.05, 4.69) is 4.74 Å². The average Bonchev–Trinajstić information content (AvgIpc) is 3.06. The highest BCUT2D eigenvalue weighted by Crippen LogP contribution is 2.42. The molecule has 1 aliphatic rings. The SMILES string of the molecule is COC(=O)[C@H](C)Oc1ccc2c(c1)O/C(=C\c1ccc(OC)c(OC)c1OC)C2=O. The first-order chi connectivity index (χ1) is 14.4. The predicted octanol–water partition coefficient (Wildman–Crippen LogP) is 3.27. The van der Waals surface area contributed by atoms with Gasteiger partial charge in [-0.25, -0.2) is 4.79 Å². The summed E-state index contributed by atoms with van der Waals surface area (Å²) in [6, 6.07) is 8.18. The van der Waals surface area contributed by atoms with Crippen molar-refractivity contribution >= 4 is 17.8 Å². The third kappa shape index (κ3) is 3.89. The van der Waals surface area contributed by atoms with Crippen LogP contribution in [0.1, 0.15) is 22.8 Å². The Morgan fingerprint density at radius 1 is 1.00 bits per heavy atom. The molecule has 1 heterocycles. The number of esters is 1. The maximum absolute atomic E-state index is 12.8. The zero-order valence-electron chi connectivity index (χ0n) is 17.3. The number of hydrogen-bond donors (Lipinski definition) is 0.